The van der Waals surface area contributed by atoms with Crippen molar-refractivity contribution in [3.8, 4) is 22.6 Å². The van der Waals surface area contributed by atoms with Gasteiger partial charge in [-0.25, -0.2) is 0 Å². The summed E-state index contributed by atoms with van der Waals surface area (Å²) in [5.74, 6) is 1.78. The van der Waals surface area contributed by atoms with Crippen LogP contribution in [0.25, 0.3) is 32.7 Å². The first-order valence-corrected chi connectivity index (χ1v) is 10.7. The minimum Gasteiger partial charge on any atom is -0.507 e. The molecule has 4 aromatic carbocycles. The number of phenolic OH excluding ortho intramolecular Hbond substituents is 1. The molecule has 0 radical (unpaired) electrons. The van der Waals surface area contributed by atoms with Gasteiger partial charge in [-0.2, -0.15) is 0 Å². The summed E-state index contributed by atoms with van der Waals surface area (Å²) in [6.07, 6.45) is 6.47. The van der Waals surface area contributed by atoms with Crippen LogP contribution in [-0.4, -0.2) is 11.7 Å². The summed E-state index contributed by atoms with van der Waals surface area (Å²) in [6, 6.07) is 24.5. The molecule has 0 saturated heterocycles. The van der Waals surface area contributed by atoms with E-state index in [2.05, 4.69) is 48.5 Å². The monoisotopic (exact) mass is 382 g/mol. The van der Waals surface area contributed by atoms with E-state index >= 15 is 0 Å². The minimum absolute atomic E-state index is 0.294. The normalized spacial score (nSPS) is 15.0. The van der Waals surface area contributed by atoms with Crippen molar-refractivity contribution in [1.29, 1.82) is 0 Å². The Balaban J connectivity index is 1.68. The van der Waals surface area contributed by atoms with Gasteiger partial charge in [0.05, 0.1) is 6.61 Å². The first-order valence-electron chi connectivity index (χ1n) is 10.7. The molecular weight excluding hydrogens is 356 g/mol. The first kappa shape index (κ1) is 18.1. The van der Waals surface area contributed by atoms with Gasteiger partial charge in [0.1, 0.15) is 11.5 Å². The topological polar surface area (TPSA) is 29.5 Å². The maximum Gasteiger partial charge on any atom is 0.127 e. The third-order valence-corrected chi connectivity index (χ3v) is 6.25. The summed E-state index contributed by atoms with van der Waals surface area (Å²) in [5.41, 5.74) is 1.85. The molecule has 1 aliphatic rings. The van der Waals surface area contributed by atoms with Crippen molar-refractivity contribution in [2.45, 2.75) is 32.1 Å². The zero-order valence-electron chi connectivity index (χ0n) is 16.6. The van der Waals surface area contributed by atoms with Gasteiger partial charge in [-0.1, -0.05) is 79.9 Å². The highest BCUT2D eigenvalue weighted by Crippen LogP contribution is 2.45. The van der Waals surface area contributed by atoms with Crippen molar-refractivity contribution < 1.29 is 9.84 Å². The Morgan fingerprint density at radius 2 is 1.31 bits per heavy atom. The molecule has 1 fully saturated rings. The van der Waals surface area contributed by atoms with E-state index in [1.165, 1.54) is 32.1 Å². The molecule has 2 heteroatoms. The Morgan fingerprint density at radius 3 is 2.03 bits per heavy atom. The van der Waals surface area contributed by atoms with Crippen LogP contribution in [0.3, 0.4) is 0 Å². The number of fused-ring (bicyclic) bond motifs is 2. The van der Waals surface area contributed by atoms with Gasteiger partial charge >= 0.3 is 0 Å². The van der Waals surface area contributed by atoms with E-state index in [0.717, 1.165) is 45.0 Å². The Labute approximate surface area is 171 Å². The second-order valence-corrected chi connectivity index (χ2v) is 8.16. The van der Waals surface area contributed by atoms with Gasteiger partial charge in [0.15, 0.2) is 0 Å². The second-order valence-electron chi connectivity index (χ2n) is 8.16. The van der Waals surface area contributed by atoms with Gasteiger partial charge in [0, 0.05) is 11.1 Å². The molecule has 0 aromatic heterocycles. The Morgan fingerprint density at radius 1 is 0.690 bits per heavy atom. The van der Waals surface area contributed by atoms with Crippen molar-refractivity contribution in [2.75, 3.05) is 6.61 Å². The molecule has 5 rings (SSSR count). The summed E-state index contributed by atoms with van der Waals surface area (Å²) in [4.78, 5) is 0. The molecule has 1 aliphatic carbocycles. The van der Waals surface area contributed by atoms with Crippen LogP contribution in [-0.2, 0) is 0 Å². The van der Waals surface area contributed by atoms with E-state index < -0.39 is 0 Å². The van der Waals surface area contributed by atoms with Gasteiger partial charge in [0.2, 0.25) is 0 Å². The molecular formula is C27H26O2. The lowest BCUT2D eigenvalue weighted by molar-refractivity contribution is 0.209. The van der Waals surface area contributed by atoms with E-state index in [4.69, 9.17) is 4.74 Å². The fraction of sp³-hybridized carbons (Fsp3) is 0.259. The van der Waals surface area contributed by atoms with Gasteiger partial charge in [-0.05, 0) is 52.4 Å². The SMILES string of the molecule is Oc1ccc2ccccc2c1-c1c(OCC2CCCCC2)ccc2ccccc12. The minimum atomic E-state index is 0.294. The predicted octanol–water partition coefficient (Wildman–Crippen LogP) is 7.32. The molecule has 1 saturated carbocycles. The van der Waals surface area contributed by atoms with Crippen LogP contribution in [0, 0.1) is 5.92 Å². The smallest absolute Gasteiger partial charge is 0.127 e. The predicted molar refractivity (Wildman–Crippen MR) is 121 cm³/mol. The zero-order valence-corrected chi connectivity index (χ0v) is 16.6. The Hall–Kier alpha value is -3.00. The highest BCUT2D eigenvalue weighted by atomic mass is 16.5. The molecule has 2 nitrogen and oxygen atoms in total. The van der Waals surface area contributed by atoms with E-state index in [-0.39, 0.29) is 0 Å². The second kappa shape index (κ2) is 7.79. The summed E-state index contributed by atoms with van der Waals surface area (Å²) in [5, 5.41) is 15.3. The number of hydrogen-bond donors (Lipinski definition) is 1. The van der Waals surface area contributed by atoms with E-state index in [1.54, 1.807) is 6.07 Å². The van der Waals surface area contributed by atoms with E-state index in [9.17, 15) is 5.11 Å². The number of ether oxygens (including phenoxy) is 1. The number of phenols is 1. The molecule has 1 N–H and O–H groups in total. The van der Waals surface area contributed by atoms with Crippen LogP contribution in [0.2, 0.25) is 0 Å². The molecule has 146 valence electrons. The molecule has 0 aliphatic heterocycles. The van der Waals surface area contributed by atoms with Crippen LogP contribution in [0.4, 0.5) is 0 Å². The van der Waals surface area contributed by atoms with Crippen LogP contribution in [0.1, 0.15) is 32.1 Å². The molecule has 29 heavy (non-hydrogen) atoms. The molecule has 0 amide bonds. The average Bonchev–Trinajstić information content (AvgIpc) is 2.78. The van der Waals surface area contributed by atoms with Crippen LogP contribution >= 0.6 is 0 Å². The third kappa shape index (κ3) is 3.44. The number of hydrogen-bond acceptors (Lipinski definition) is 2. The Kier molecular flexibility index (Phi) is 4.85. The van der Waals surface area contributed by atoms with Crippen LogP contribution in [0.15, 0.2) is 72.8 Å². The lowest BCUT2D eigenvalue weighted by Crippen LogP contribution is -2.15. The van der Waals surface area contributed by atoms with E-state index in [0.29, 0.717) is 11.7 Å². The third-order valence-electron chi connectivity index (χ3n) is 6.25. The fourth-order valence-electron chi connectivity index (χ4n) is 4.71. The molecule has 0 unspecified atom stereocenters. The standard InChI is InChI=1S/C27H26O2/c28-24-16-14-20-10-4-6-12-22(20)26(24)27-23-13-7-5-11-21(23)15-17-25(27)29-18-19-8-2-1-3-9-19/h4-7,10-17,19,28H,1-3,8-9,18H2. The van der Waals surface area contributed by atoms with E-state index in [1.807, 2.05) is 18.2 Å². The van der Waals surface area contributed by atoms with Gasteiger partial charge < -0.3 is 9.84 Å². The molecule has 0 spiro atoms. The average molecular weight is 383 g/mol. The quantitative estimate of drug-likeness (QED) is 0.400. The highest BCUT2D eigenvalue weighted by molar-refractivity contribution is 6.09. The lowest BCUT2D eigenvalue weighted by Gasteiger charge is -2.23. The molecule has 0 heterocycles. The maximum atomic E-state index is 10.9. The summed E-state index contributed by atoms with van der Waals surface area (Å²) >= 11 is 0. The Bertz CT molecular complexity index is 1160. The summed E-state index contributed by atoms with van der Waals surface area (Å²) < 4.78 is 6.43. The van der Waals surface area contributed by atoms with Crippen molar-refractivity contribution in [1.82, 2.24) is 0 Å². The van der Waals surface area contributed by atoms with Crippen molar-refractivity contribution >= 4 is 21.5 Å². The van der Waals surface area contributed by atoms with Gasteiger partial charge in [-0.3, -0.25) is 0 Å². The fourth-order valence-corrected chi connectivity index (χ4v) is 4.71. The summed E-state index contributed by atoms with van der Waals surface area (Å²) in [6.45, 7) is 0.747. The van der Waals surface area contributed by atoms with Crippen molar-refractivity contribution in [3.05, 3.63) is 72.8 Å². The number of aromatic hydroxyl groups is 1. The van der Waals surface area contributed by atoms with Crippen LogP contribution < -0.4 is 4.74 Å². The molecule has 0 bridgehead atoms. The number of rotatable bonds is 4. The zero-order chi connectivity index (χ0) is 19.6. The molecule has 4 aromatic rings. The van der Waals surface area contributed by atoms with Crippen molar-refractivity contribution in [2.24, 2.45) is 5.92 Å². The lowest BCUT2D eigenvalue weighted by atomic mass is 9.90. The first-order chi connectivity index (χ1) is 14.3. The highest BCUT2D eigenvalue weighted by Gasteiger charge is 2.19. The maximum absolute atomic E-state index is 10.9. The van der Waals surface area contributed by atoms with Crippen molar-refractivity contribution in [3.63, 3.8) is 0 Å². The molecule has 0 atom stereocenters. The number of benzene rings is 4. The van der Waals surface area contributed by atoms with Crippen LogP contribution in [0.5, 0.6) is 11.5 Å². The van der Waals surface area contributed by atoms with Gasteiger partial charge in [-0.15, -0.1) is 0 Å². The summed E-state index contributed by atoms with van der Waals surface area (Å²) in [7, 11) is 0. The van der Waals surface area contributed by atoms with Gasteiger partial charge in [0.25, 0.3) is 0 Å². The largest absolute Gasteiger partial charge is 0.507 e.